The summed E-state index contributed by atoms with van der Waals surface area (Å²) in [5.41, 5.74) is 12.8. The molecule has 2 aromatic carbocycles. The molecule has 2 N–H and O–H groups in total. The van der Waals surface area contributed by atoms with Crippen molar-refractivity contribution < 1.29 is 4.74 Å². The molecule has 4 aromatic rings. The van der Waals surface area contributed by atoms with Crippen molar-refractivity contribution in [2.45, 2.75) is 37.6 Å². The van der Waals surface area contributed by atoms with Crippen LogP contribution in [0.25, 0.3) is 28.2 Å². The topological polar surface area (TPSA) is 65.4 Å². The molecule has 5 nitrogen and oxygen atoms in total. The van der Waals surface area contributed by atoms with Crippen LogP contribution in [-0.4, -0.2) is 21.5 Å². The minimum absolute atomic E-state index is 0.0822. The highest BCUT2D eigenvalue weighted by Crippen LogP contribution is 2.41. The number of nitrogens with zero attached hydrogens (tertiary/aromatic N) is 3. The predicted molar refractivity (Wildman–Crippen MR) is 140 cm³/mol. The molecule has 2 unspecified atom stereocenters. The van der Waals surface area contributed by atoms with E-state index in [-0.39, 0.29) is 17.4 Å². The highest BCUT2D eigenvalue weighted by atomic mass is 16.5. The number of hydrogen-bond donors (Lipinski definition) is 1. The molecule has 0 spiro atoms. The largest absolute Gasteiger partial charge is 0.500 e. The fourth-order valence-electron chi connectivity index (χ4n) is 5.42. The fraction of sp³-hybridized carbons (Fsp3) is 0.267. The molecule has 0 amide bonds. The van der Waals surface area contributed by atoms with Gasteiger partial charge in [-0.3, -0.25) is 4.40 Å². The predicted octanol–water partition coefficient (Wildman–Crippen LogP) is 6.22. The zero-order valence-electron chi connectivity index (χ0n) is 20.2. The van der Waals surface area contributed by atoms with Crippen molar-refractivity contribution in [3.8, 4) is 22.4 Å². The number of ether oxygens (including phenoxy) is 1. The lowest BCUT2D eigenvalue weighted by molar-refractivity contribution is 0.247. The normalized spacial score (nSPS) is 20.9. The number of benzene rings is 2. The van der Waals surface area contributed by atoms with Crippen LogP contribution in [0, 0.1) is 5.92 Å². The molecule has 2 aliphatic rings. The Kier molecular flexibility index (Phi) is 5.30. The molecule has 2 aliphatic carbocycles. The third-order valence-electron chi connectivity index (χ3n) is 7.66. The van der Waals surface area contributed by atoms with Gasteiger partial charge in [-0.25, -0.2) is 9.97 Å². The molecule has 5 heteroatoms. The Balaban J connectivity index is 1.50. The summed E-state index contributed by atoms with van der Waals surface area (Å²) < 4.78 is 7.87. The standard InChI is InChI=1S/C30H30N4O/c1-20-8-6-11-26(35-2)27(20)25-18-32-29-33-28(24(19-34(25)29)21-9-4-3-5-10-21)22-12-14-23(15-13-22)30(31)16-7-17-30/h3-6,8-15,18-20,27H,7,16-17,31H2,1-2H3. The molecule has 176 valence electrons. The molecule has 35 heavy (non-hydrogen) atoms. The summed E-state index contributed by atoms with van der Waals surface area (Å²) >= 11 is 0. The summed E-state index contributed by atoms with van der Waals surface area (Å²) in [5, 5.41) is 0. The minimum Gasteiger partial charge on any atom is -0.500 e. The van der Waals surface area contributed by atoms with Crippen LogP contribution in [0.5, 0.6) is 0 Å². The van der Waals surface area contributed by atoms with Gasteiger partial charge >= 0.3 is 0 Å². The number of methoxy groups -OCH3 is 1. The van der Waals surface area contributed by atoms with Crippen LogP contribution in [0.4, 0.5) is 0 Å². The fourth-order valence-corrected chi connectivity index (χ4v) is 5.42. The maximum absolute atomic E-state index is 6.57. The highest BCUT2D eigenvalue weighted by Gasteiger charge is 2.34. The van der Waals surface area contributed by atoms with Crippen molar-refractivity contribution in [3.05, 3.63) is 102 Å². The summed E-state index contributed by atoms with van der Waals surface area (Å²) in [6.45, 7) is 2.21. The molecule has 0 radical (unpaired) electrons. The van der Waals surface area contributed by atoms with E-state index in [1.807, 2.05) is 18.3 Å². The Hall–Kier alpha value is -3.70. The second-order valence-electron chi connectivity index (χ2n) is 9.80. The number of allylic oxidation sites excluding steroid dienone is 4. The molecular weight excluding hydrogens is 432 g/mol. The van der Waals surface area contributed by atoms with Crippen molar-refractivity contribution in [2.75, 3.05) is 7.11 Å². The van der Waals surface area contributed by atoms with Crippen LogP contribution in [0.15, 0.2) is 91.0 Å². The molecule has 1 fully saturated rings. The average molecular weight is 463 g/mol. The Morgan fingerprint density at radius 1 is 1.03 bits per heavy atom. The van der Waals surface area contributed by atoms with Gasteiger partial charge in [0.05, 0.1) is 30.6 Å². The highest BCUT2D eigenvalue weighted by molar-refractivity contribution is 5.81. The maximum Gasteiger partial charge on any atom is 0.234 e. The second-order valence-corrected chi connectivity index (χ2v) is 9.80. The zero-order valence-corrected chi connectivity index (χ0v) is 20.2. The van der Waals surface area contributed by atoms with Gasteiger partial charge in [0.1, 0.15) is 5.76 Å². The third-order valence-corrected chi connectivity index (χ3v) is 7.66. The van der Waals surface area contributed by atoms with E-state index in [2.05, 4.69) is 78.2 Å². The van der Waals surface area contributed by atoms with Gasteiger partial charge in [-0.1, -0.05) is 73.7 Å². The van der Waals surface area contributed by atoms with Gasteiger partial charge in [0, 0.05) is 22.9 Å². The molecule has 0 saturated heterocycles. The number of fused-ring (bicyclic) bond motifs is 1. The van der Waals surface area contributed by atoms with Crippen molar-refractivity contribution in [3.63, 3.8) is 0 Å². The lowest BCUT2D eigenvalue weighted by atomic mass is 9.72. The number of aromatic nitrogens is 3. The van der Waals surface area contributed by atoms with Gasteiger partial charge in [-0.15, -0.1) is 0 Å². The molecule has 0 bridgehead atoms. The van der Waals surface area contributed by atoms with Gasteiger partial charge < -0.3 is 10.5 Å². The maximum atomic E-state index is 6.57. The summed E-state index contributed by atoms with van der Waals surface area (Å²) in [5.74, 6) is 2.00. The van der Waals surface area contributed by atoms with Crippen molar-refractivity contribution in [1.82, 2.24) is 14.4 Å². The minimum atomic E-state index is -0.173. The first-order chi connectivity index (χ1) is 17.1. The smallest absolute Gasteiger partial charge is 0.234 e. The van der Waals surface area contributed by atoms with Crippen LogP contribution in [0.3, 0.4) is 0 Å². The monoisotopic (exact) mass is 462 g/mol. The SMILES string of the molecule is COC1=CC=CC(C)C1c1cnc2nc(-c3ccc(C4(N)CCC4)cc3)c(-c3ccccc3)cn12. The van der Waals surface area contributed by atoms with Gasteiger partial charge in [-0.2, -0.15) is 0 Å². The van der Waals surface area contributed by atoms with Crippen LogP contribution >= 0.6 is 0 Å². The van der Waals surface area contributed by atoms with Crippen LogP contribution in [-0.2, 0) is 10.3 Å². The Morgan fingerprint density at radius 3 is 2.49 bits per heavy atom. The van der Waals surface area contributed by atoms with E-state index in [0.717, 1.165) is 46.7 Å². The van der Waals surface area contributed by atoms with Crippen molar-refractivity contribution in [2.24, 2.45) is 11.7 Å². The van der Waals surface area contributed by atoms with Gasteiger partial charge in [-0.05, 0) is 42.4 Å². The Morgan fingerprint density at radius 2 is 1.80 bits per heavy atom. The van der Waals surface area contributed by atoms with E-state index >= 15 is 0 Å². The number of imidazole rings is 1. The van der Waals surface area contributed by atoms with Crippen molar-refractivity contribution in [1.29, 1.82) is 0 Å². The summed E-state index contributed by atoms with van der Waals surface area (Å²) in [7, 11) is 1.73. The molecular formula is C30H30N4O. The van der Waals surface area contributed by atoms with Crippen LogP contribution in [0.2, 0.25) is 0 Å². The quantitative estimate of drug-likeness (QED) is 0.382. The molecule has 0 aliphatic heterocycles. The molecule has 6 rings (SSSR count). The van der Waals surface area contributed by atoms with Crippen LogP contribution in [0.1, 0.15) is 43.4 Å². The summed E-state index contributed by atoms with van der Waals surface area (Å²) in [6, 6.07) is 19.1. The number of nitrogens with two attached hydrogens (primary N) is 1. The molecule has 2 aromatic heterocycles. The first kappa shape index (κ1) is 21.8. The molecule has 2 heterocycles. The first-order valence-corrected chi connectivity index (χ1v) is 12.3. The second kappa shape index (κ2) is 8.51. The Bertz CT molecular complexity index is 1430. The summed E-state index contributed by atoms with van der Waals surface area (Å²) in [6.07, 6.45) is 13.7. The lowest BCUT2D eigenvalue weighted by Crippen LogP contribution is -2.43. The zero-order chi connectivity index (χ0) is 24.0. The first-order valence-electron chi connectivity index (χ1n) is 12.3. The van der Waals surface area contributed by atoms with E-state index in [4.69, 9.17) is 20.4 Å². The lowest BCUT2D eigenvalue weighted by Gasteiger charge is -2.38. The third kappa shape index (κ3) is 3.67. The number of rotatable bonds is 5. The van der Waals surface area contributed by atoms with Gasteiger partial charge in [0.25, 0.3) is 0 Å². The van der Waals surface area contributed by atoms with Crippen molar-refractivity contribution >= 4 is 5.78 Å². The average Bonchev–Trinajstić information content (AvgIpc) is 3.29. The van der Waals surface area contributed by atoms with Crippen LogP contribution < -0.4 is 5.73 Å². The van der Waals surface area contributed by atoms with Gasteiger partial charge in [0.15, 0.2) is 0 Å². The van der Waals surface area contributed by atoms with E-state index in [1.165, 1.54) is 12.0 Å². The van der Waals surface area contributed by atoms with E-state index in [0.29, 0.717) is 5.78 Å². The van der Waals surface area contributed by atoms with Gasteiger partial charge in [0.2, 0.25) is 5.78 Å². The van der Waals surface area contributed by atoms with E-state index in [9.17, 15) is 0 Å². The number of hydrogen-bond acceptors (Lipinski definition) is 4. The molecule has 1 saturated carbocycles. The summed E-state index contributed by atoms with van der Waals surface area (Å²) in [4.78, 5) is 9.80. The Labute approximate surface area is 206 Å². The van der Waals surface area contributed by atoms with E-state index < -0.39 is 0 Å². The van der Waals surface area contributed by atoms with E-state index in [1.54, 1.807) is 7.11 Å². The molecule has 2 atom stereocenters.